The van der Waals surface area contributed by atoms with Gasteiger partial charge in [-0.15, -0.1) is 0 Å². The molecule has 1 amide bonds. The van der Waals surface area contributed by atoms with Crippen molar-refractivity contribution in [3.63, 3.8) is 0 Å². The van der Waals surface area contributed by atoms with E-state index in [-0.39, 0.29) is 18.2 Å². The lowest BCUT2D eigenvalue weighted by atomic mass is 10.1. The highest BCUT2D eigenvalue weighted by Gasteiger charge is 2.15. The van der Waals surface area contributed by atoms with Crippen LogP contribution in [0.2, 0.25) is 0 Å². The number of aromatic nitrogens is 2. The first-order chi connectivity index (χ1) is 7.91. The zero-order valence-electron chi connectivity index (χ0n) is 9.71. The van der Waals surface area contributed by atoms with Gasteiger partial charge in [0.2, 0.25) is 5.91 Å². The summed E-state index contributed by atoms with van der Waals surface area (Å²) in [5, 5.41) is 9.12. The minimum absolute atomic E-state index is 0.0233. The van der Waals surface area contributed by atoms with Gasteiger partial charge in [0, 0.05) is 11.9 Å². The van der Waals surface area contributed by atoms with Crippen LogP contribution in [0.4, 0.5) is 0 Å². The van der Waals surface area contributed by atoms with Gasteiger partial charge in [0.25, 0.3) is 0 Å². The second-order valence-corrected chi connectivity index (χ2v) is 4.80. The van der Waals surface area contributed by atoms with Gasteiger partial charge >= 0.3 is 5.97 Å². The van der Waals surface area contributed by atoms with Crippen molar-refractivity contribution in [3.05, 3.63) is 11.9 Å². The third kappa shape index (κ3) is 3.77. The Labute approximate surface area is 103 Å². The minimum Gasteiger partial charge on any atom is -0.481 e. The smallest absolute Gasteiger partial charge is 0.313 e. The first kappa shape index (κ1) is 13.6. The SMILES string of the molecule is CC(C)c1cnc(SCC(=O)O)n1CC(N)=O. The summed E-state index contributed by atoms with van der Waals surface area (Å²) in [6.07, 6.45) is 1.65. The lowest BCUT2D eigenvalue weighted by Gasteiger charge is -2.11. The molecule has 17 heavy (non-hydrogen) atoms. The van der Waals surface area contributed by atoms with Gasteiger partial charge < -0.3 is 15.4 Å². The number of aliphatic carboxylic acids is 1. The van der Waals surface area contributed by atoms with Crippen molar-refractivity contribution in [2.45, 2.75) is 31.5 Å². The molecule has 0 spiro atoms. The molecule has 0 saturated carbocycles. The molecule has 0 bridgehead atoms. The van der Waals surface area contributed by atoms with E-state index in [1.165, 1.54) is 0 Å². The number of carboxylic acids is 1. The largest absolute Gasteiger partial charge is 0.481 e. The Kier molecular flexibility index (Phi) is 4.56. The molecule has 6 nitrogen and oxygen atoms in total. The Morgan fingerprint density at radius 2 is 2.24 bits per heavy atom. The van der Waals surface area contributed by atoms with Crippen LogP contribution in [0.25, 0.3) is 0 Å². The second-order valence-electron chi connectivity index (χ2n) is 3.86. The number of carbonyl (C=O) groups excluding carboxylic acids is 1. The number of carboxylic acid groups (broad SMARTS) is 1. The molecule has 1 aromatic rings. The molecule has 0 aliphatic carbocycles. The summed E-state index contributed by atoms with van der Waals surface area (Å²) >= 11 is 1.08. The molecule has 0 radical (unpaired) electrons. The Morgan fingerprint density at radius 3 is 2.71 bits per heavy atom. The topological polar surface area (TPSA) is 98.2 Å². The molecule has 0 aliphatic rings. The van der Waals surface area contributed by atoms with Crippen LogP contribution < -0.4 is 5.73 Å². The maximum Gasteiger partial charge on any atom is 0.313 e. The van der Waals surface area contributed by atoms with E-state index in [9.17, 15) is 9.59 Å². The van der Waals surface area contributed by atoms with Crippen LogP contribution in [0.5, 0.6) is 0 Å². The van der Waals surface area contributed by atoms with Gasteiger partial charge in [-0.3, -0.25) is 9.59 Å². The summed E-state index contributed by atoms with van der Waals surface area (Å²) in [5.74, 6) is -1.29. The van der Waals surface area contributed by atoms with E-state index in [1.54, 1.807) is 10.8 Å². The molecule has 1 rings (SSSR count). The average Bonchev–Trinajstić information content (AvgIpc) is 2.57. The van der Waals surface area contributed by atoms with Crippen molar-refractivity contribution < 1.29 is 14.7 Å². The van der Waals surface area contributed by atoms with Crippen LogP contribution in [0, 0.1) is 0 Å². The predicted molar refractivity (Wildman–Crippen MR) is 63.9 cm³/mol. The number of amides is 1. The van der Waals surface area contributed by atoms with E-state index >= 15 is 0 Å². The van der Waals surface area contributed by atoms with Gasteiger partial charge in [0.15, 0.2) is 5.16 Å². The molecule has 0 atom stereocenters. The van der Waals surface area contributed by atoms with Crippen LogP contribution in [0.1, 0.15) is 25.5 Å². The highest BCUT2D eigenvalue weighted by molar-refractivity contribution is 7.99. The summed E-state index contributed by atoms with van der Waals surface area (Å²) in [5.41, 5.74) is 6.04. The van der Waals surface area contributed by atoms with Gasteiger partial charge in [-0.1, -0.05) is 25.6 Å². The zero-order chi connectivity index (χ0) is 13.0. The summed E-state index contributed by atoms with van der Waals surface area (Å²) < 4.78 is 1.67. The standard InChI is InChI=1S/C10H15N3O3S/c1-6(2)7-3-12-10(17-5-9(15)16)13(7)4-8(11)14/h3,6H,4-5H2,1-2H3,(H2,11,14)(H,15,16). The number of imidazole rings is 1. The Hall–Kier alpha value is -1.50. The first-order valence-corrected chi connectivity index (χ1v) is 6.08. The van der Waals surface area contributed by atoms with E-state index in [0.717, 1.165) is 17.5 Å². The second kappa shape index (κ2) is 5.72. The fourth-order valence-electron chi connectivity index (χ4n) is 1.39. The fourth-order valence-corrected chi connectivity index (χ4v) is 2.09. The summed E-state index contributed by atoms with van der Waals surface area (Å²) in [7, 11) is 0. The number of carbonyl (C=O) groups is 2. The van der Waals surface area contributed by atoms with Gasteiger partial charge in [0.05, 0.1) is 5.75 Å². The zero-order valence-corrected chi connectivity index (χ0v) is 10.5. The van der Waals surface area contributed by atoms with Crippen molar-refractivity contribution in [1.82, 2.24) is 9.55 Å². The van der Waals surface area contributed by atoms with Gasteiger partial charge in [-0.2, -0.15) is 0 Å². The van der Waals surface area contributed by atoms with Crippen LogP contribution >= 0.6 is 11.8 Å². The van der Waals surface area contributed by atoms with E-state index in [2.05, 4.69) is 4.98 Å². The molecule has 0 aliphatic heterocycles. The van der Waals surface area contributed by atoms with E-state index in [0.29, 0.717) is 5.16 Å². The minimum atomic E-state index is -0.922. The van der Waals surface area contributed by atoms with Gasteiger partial charge in [-0.25, -0.2) is 4.98 Å². The number of hydrogen-bond donors (Lipinski definition) is 2. The summed E-state index contributed by atoms with van der Waals surface area (Å²) in [6.45, 7) is 3.97. The van der Waals surface area contributed by atoms with Crippen LogP contribution in [-0.4, -0.2) is 32.3 Å². The van der Waals surface area contributed by atoms with Crippen LogP contribution in [-0.2, 0) is 16.1 Å². The average molecular weight is 257 g/mol. The number of nitrogens with zero attached hydrogens (tertiary/aromatic N) is 2. The van der Waals surface area contributed by atoms with Crippen molar-refractivity contribution in [2.75, 3.05) is 5.75 Å². The maximum absolute atomic E-state index is 11.0. The number of hydrogen-bond acceptors (Lipinski definition) is 4. The number of primary amides is 1. The summed E-state index contributed by atoms with van der Waals surface area (Å²) in [4.78, 5) is 25.6. The van der Waals surface area contributed by atoms with E-state index < -0.39 is 11.9 Å². The number of rotatable bonds is 6. The van der Waals surface area contributed by atoms with E-state index in [1.807, 2.05) is 13.8 Å². The highest BCUT2D eigenvalue weighted by atomic mass is 32.2. The quantitative estimate of drug-likeness (QED) is 0.730. The third-order valence-electron chi connectivity index (χ3n) is 2.08. The van der Waals surface area contributed by atoms with Crippen LogP contribution in [0.15, 0.2) is 11.4 Å². The molecule has 0 saturated heterocycles. The molecular formula is C10H15N3O3S. The Morgan fingerprint density at radius 1 is 1.59 bits per heavy atom. The van der Waals surface area contributed by atoms with Crippen LogP contribution in [0.3, 0.4) is 0 Å². The summed E-state index contributed by atoms with van der Waals surface area (Å²) in [6, 6.07) is 0. The molecular weight excluding hydrogens is 242 g/mol. The molecule has 7 heteroatoms. The van der Waals surface area contributed by atoms with Crippen molar-refractivity contribution in [3.8, 4) is 0 Å². The molecule has 1 aromatic heterocycles. The van der Waals surface area contributed by atoms with Crippen molar-refractivity contribution in [1.29, 1.82) is 0 Å². The lowest BCUT2D eigenvalue weighted by Crippen LogP contribution is -2.21. The number of nitrogens with two attached hydrogens (primary N) is 1. The molecule has 1 heterocycles. The molecule has 0 aromatic carbocycles. The Balaban J connectivity index is 2.95. The molecule has 3 N–H and O–H groups in total. The van der Waals surface area contributed by atoms with E-state index in [4.69, 9.17) is 10.8 Å². The Bertz CT molecular complexity index is 428. The lowest BCUT2D eigenvalue weighted by molar-refractivity contribution is -0.133. The third-order valence-corrected chi connectivity index (χ3v) is 3.06. The van der Waals surface area contributed by atoms with Gasteiger partial charge in [-0.05, 0) is 5.92 Å². The molecule has 0 fully saturated rings. The monoisotopic (exact) mass is 257 g/mol. The molecule has 94 valence electrons. The molecule has 0 unspecified atom stereocenters. The van der Waals surface area contributed by atoms with Crippen molar-refractivity contribution >= 4 is 23.6 Å². The first-order valence-electron chi connectivity index (χ1n) is 5.10. The van der Waals surface area contributed by atoms with Crippen molar-refractivity contribution in [2.24, 2.45) is 5.73 Å². The van der Waals surface area contributed by atoms with Gasteiger partial charge in [0.1, 0.15) is 6.54 Å². The maximum atomic E-state index is 11.0. The normalized spacial score (nSPS) is 10.8. The number of thioether (sulfide) groups is 1. The predicted octanol–water partition coefficient (Wildman–Crippen LogP) is 0.668. The highest BCUT2D eigenvalue weighted by Crippen LogP contribution is 2.23. The fraction of sp³-hybridized carbons (Fsp3) is 0.500.